The fourth-order valence-electron chi connectivity index (χ4n) is 2.09. The molecule has 0 N–H and O–H groups in total. The molecule has 1 unspecified atom stereocenters. The van der Waals surface area contributed by atoms with Crippen LogP contribution in [-0.2, 0) is 11.0 Å². The molecule has 0 saturated carbocycles. The lowest BCUT2D eigenvalue weighted by Gasteiger charge is -2.40. The zero-order valence-corrected chi connectivity index (χ0v) is 14.8. The summed E-state index contributed by atoms with van der Waals surface area (Å²) >= 11 is 0. The lowest BCUT2D eigenvalue weighted by molar-refractivity contribution is -0.412. The third-order valence-electron chi connectivity index (χ3n) is 4.09. The summed E-state index contributed by atoms with van der Waals surface area (Å²) in [5.41, 5.74) is 0.665. The Morgan fingerprint density at radius 1 is 0.857 bits per heavy atom. The van der Waals surface area contributed by atoms with Crippen LogP contribution in [0.3, 0.4) is 0 Å². The Morgan fingerprint density at radius 2 is 1.32 bits per heavy atom. The highest BCUT2D eigenvalue weighted by Gasteiger charge is 2.87. The third kappa shape index (κ3) is 3.75. The quantitative estimate of drug-likeness (QED) is 0.398. The van der Waals surface area contributed by atoms with E-state index in [-0.39, 0.29) is 9.88 Å². The molecule has 0 spiro atoms. The van der Waals surface area contributed by atoms with Gasteiger partial charge in [0.25, 0.3) is 0 Å². The van der Waals surface area contributed by atoms with Crippen LogP contribution in [0.1, 0.15) is 13.8 Å². The highest BCUT2D eigenvalue weighted by molar-refractivity contribution is 7.82. The Labute approximate surface area is 153 Å². The lowest BCUT2D eigenvalue weighted by Crippen LogP contribution is -2.70. The van der Waals surface area contributed by atoms with Gasteiger partial charge in [-0.15, -0.1) is 0 Å². The molecule has 0 radical (unpaired) electrons. The number of nitrogens with zero attached hydrogens (tertiary/aromatic N) is 1. The van der Waals surface area contributed by atoms with Gasteiger partial charge in [0.15, 0.2) is 0 Å². The van der Waals surface area contributed by atoms with Crippen molar-refractivity contribution < 1.29 is 56.9 Å². The Bertz CT molecular complexity index is 660. The maximum Gasteiger partial charge on any atom is 0.384 e. The maximum absolute atomic E-state index is 13.8. The molecule has 0 amide bonds. The van der Waals surface area contributed by atoms with Crippen LogP contribution in [0.5, 0.6) is 0 Å². The molecule has 1 aliphatic heterocycles. The average molecular weight is 459 g/mol. The summed E-state index contributed by atoms with van der Waals surface area (Å²) in [5.74, 6) is -35.9. The fourth-order valence-corrected chi connectivity index (χ4v) is 3.54. The molecule has 28 heavy (non-hydrogen) atoms. The van der Waals surface area contributed by atoms with Crippen LogP contribution in [0.4, 0.5) is 52.7 Å². The molecular weight excluding hydrogens is 446 g/mol. The molecule has 0 bridgehead atoms. The van der Waals surface area contributed by atoms with E-state index in [4.69, 9.17) is 0 Å². The van der Waals surface area contributed by atoms with Crippen molar-refractivity contribution in [1.29, 1.82) is 0 Å². The van der Waals surface area contributed by atoms with E-state index < -0.39 is 65.9 Å². The topological polar surface area (TPSA) is 20.3 Å². The molecule has 0 aromatic carbocycles. The van der Waals surface area contributed by atoms with Crippen molar-refractivity contribution in [3.63, 3.8) is 0 Å². The maximum atomic E-state index is 13.8. The van der Waals surface area contributed by atoms with E-state index in [1.54, 1.807) is 0 Å². The first kappa shape index (κ1) is 25.0. The van der Waals surface area contributed by atoms with Gasteiger partial charge in [-0.05, 0) is 13.8 Å². The molecule has 1 atom stereocenters. The van der Waals surface area contributed by atoms with E-state index >= 15 is 0 Å². The summed E-state index contributed by atoms with van der Waals surface area (Å²) in [5, 5.41) is 0. The zero-order chi connectivity index (χ0) is 22.5. The van der Waals surface area contributed by atoms with Gasteiger partial charge in [0, 0.05) is 6.54 Å². The summed E-state index contributed by atoms with van der Waals surface area (Å²) in [7, 11) is -2.42. The molecule has 0 saturated heterocycles. The van der Waals surface area contributed by atoms with Gasteiger partial charge in [0.2, 0.25) is 0 Å². The fraction of sp³-hybridized carbons (Fsp3) is 0.846. The van der Waals surface area contributed by atoms with E-state index in [1.807, 2.05) is 0 Å². The summed E-state index contributed by atoms with van der Waals surface area (Å²) in [6, 6.07) is 0. The van der Waals surface area contributed by atoms with E-state index in [2.05, 4.69) is 0 Å². The van der Waals surface area contributed by atoms with E-state index in [0.717, 1.165) is 0 Å². The van der Waals surface area contributed by atoms with Crippen molar-refractivity contribution in [2.24, 2.45) is 0 Å². The second-order valence-corrected chi connectivity index (χ2v) is 7.62. The molecule has 15 heteroatoms. The monoisotopic (exact) mass is 459 g/mol. The van der Waals surface area contributed by atoms with Gasteiger partial charge in [-0.25, -0.2) is 17.3 Å². The Kier molecular flexibility index (Phi) is 6.59. The summed E-state index contributed by atoms with van der Waals surface area (Å²) < 4.78 is 169. The van der Waals surface area contributed by atoms with Gasteiger partial charge >= 0.3 is 36.0 Å². The van der Waals surface area contributed by atoms with Crippen LogP contribution in [0.2, 0.25) is 0 Å². The number of alkyl halides is 12. The summed E-state index contributed by atoms with van der Waals surface area (Å²) in [4.78, 5) is 0. The lowest BCUT2D eigenvalue weighted by atomic mass is 9.94. The first-order chi connectivity index (χ1) is 12.2. The van der Waals surface area contributed by atoms with E-state index in [9.17, 15) is 56.9 Å². The average Bonchev–Trinajstić information content (AvgIpc) is 2.51. The second-order valence-electron chi connectivity index (χ2n) is 6.18. The second kappa shape index (κ2) is 7.36. The standard InChI is InChI=1S/C13H13F12NOS/c1-6-3-26(28(27)4-7(6)2)5-9(16,17)11(20,21)13(24,25)12(22,23)10(18,19)8(14)15/h8H,3-5H2,1-2H3. The van der Waals surface area contributed by atoms with Crippen molar-refractivity contribution in [2.75, 3.05) is 18.8 Å². The van der Waals surface area contributed by atoms with Gasteiger partial charge in [-0.2, -0.15) is 43.9 Å². The van der Waals surface area contributed by atoms with Crippen LogP contribution >= 0.6 is 0 Å². The summed E-state index contributed by atoms with van der Waals surface area (Å²) in [6.45, 7) is -0.429. The van der Waals surface area contributed by atoms with Gasteiger partial charge < -0.3 is 0 Å². The molecule has 1 heterocycles. The third-order valence-corrected chi connectivity index (χ3v) is 5.60. The van der Waals surface area contributed by atoms with E-state index in [1.165, 1.54) is 13.8 Å². The SMILES string of the molecule is CC1=C(C)CS(=O)N(CC(F)(F)C(F)(F)C(F)(F)C(F)(F)C(F)(F)C(F)F)C1. The Hall–Kier alpha value is -0.990. The molecule has 1 rings (SSSR count). The van der Waals surface area contributed by atoms with Crippen molar-refractivity contribution in [1.82, 2.24) is 4.31 Å². The van der Waals surface area contributed by atoms with Gasteiger partial charge in [0.1, 0.15) is 0 Å². The smallest absolute Gasteiger partial charge is 0.242 e. The normalized spacial score (nSPS) is 21.6. The highest BCUT2D eigenvalue weighted by Crippen LogP contribution is 2.58. The number of rotatable bonds is 7. The van der Waals surface area contributed by atoms with Gasteiger partial charge in [-0.1, -0.05) is 11.1 Å². The van der Waals surface area contributed by atoms with Crippen molar-refractivity contribution in [3.8, 4) is 0 Å². The van der Waals surface area contributed by atoms with Crippen LogP contribution < -0.4 is 0 Å². The van der Waals surface area contributed by atoms with Crippen LogP contribution in [0, 0.1) is 0 Å². The highest BCUT2D eigenvalue weighted by atomic mass is 32.2. The first-order valence-electron chi connectivity index (χ1n) is 7.20. The summed E-state index contributed by atoms with van der Waals surface area (Å²) in [6.07, 6.45) is -5.54. The molecule has 0 aromatic heterocycles. The molecule has 0 aromatic rings. The van der Waals surface area contributed by atoms with Crippen molar-refractivity contribution >= 4 is 11.0 Å². The Morgan fingerprint density at radius 3 is 1.75 bits per heavy atom. The molecule has 2 nitrogen and oxygen atoms in total. The molecule has 166 valence electrons. The number of hydrogen-bond donors (Lipinski definition) is 0. The molecule has 0 aliphatic carbocycles. The van der Waals surface area contributed by atoms with Crippen LogP contribution in [0.25, 0.3) is 0 Å². The minimum Gasteiger partial charge on any atom is -0.242 e. The first-order valence-corrected chi connectivity index (χ1v) is 8.47. The Balaban J connectivity index is 3.29. The molecule has 0 fully saturated rings. The zero-order valence-electron chi connectivity index (χ0n) is 14.0. The molecule has 1 aliphatic rings. The van der Waals surface area contributed by atoms with Crippen LogP contribution in [-0.4, -0.2) is 63.4 Å². The number of halogens is 12. The van der Waals surface area contributed by atoms with Gasteiger partial charge in [0.05, 0.1) is 23.3 Å². The largest absolute Gasteiger partial charge is 0.384 e. The van der Waals surface area contributed by atoms with E-state index in [0.29, 0.717) is 5.57 Å². The molecular formula is C13H13F12NOS. The minimum absolute atomic E-state index is 0.0652. The number of hydrogen-bond acceptors (Lipinski definition) is 1. The van der Waals surface area contributed by atoms with Gasteiger partial charge in [-0.3, -0.25) is 0 Å². The predicted octanol–water partition coefficient (Wildman–Crippen LogP) is 4.74. The van der Waals surface area contributed by atoms with Crippen molar-refractivity contribution in [3.05, 3.63) is 11.1 Å². The minimum atomic E-state index is -7.57. The van der Waals surface area contributed by atoms with Crippen LogP contribution in [0.15, 0.2) is 11.1 Å². The van der Waals surface area contributed by atoms with Crippen molar-refractivity contribution in [2.45, 2.75) is 49.9 Å². The predicted molar refractivity (Wildman–Crippen MR) is 73.7 cm³/mol.